The van der Waals surface area contributed by atoms with Crippen LogP contribution >= 0.6 is 11.3 Å². The molecule has 0 unspecified atom stereocenters. The fraction of sp³-hybridized carbons (Fsp3) is 0.526. The first-order chi connectivity index (χ1) is 13.6. The molecule has 0 aromatic carbocycles. The number of urea groups is 1. The van der Waals surface area contributed by atoms with E-state index in [1.54, 1.807) is 19.2 Å². The van der Waals surface area contributed by atoms with E-state index < -0.39 is 21.9 Å². The number of aryl methyl sites for hydroxylation is 1. The van der Waals surface area contributed by atoms with Crippen LogP contribution in [-0.4, -0.2) is 25.3 Å². The van der Waals surface area contributed by atoms with E-state index in [9.17, 15) is 14.1 Å². The van der Waals surface area contributed by atoms with Crippen LogP contribution in [-0.2, 0) is 28.7 Å². The third-order valence-corrected chi connectivity index (χ3v) is 8.36. The van der Waals surface area contributed by atoms with E-state index in [-0.39, 0.29) is 4.34 Å². The summed E-state index contributed by atoms with van der Waals surface area (Å²) in [6, 6.07) is -0.624. The molecule has 10 heteroatoms. The molecule has 0 aliphatic heterocycles. The van der Waals surface area contributed by atoms with Crippen LogP contribution in [0.1, 0.15) is 67.2 Å². The summed E-state index contributed by atoms with van der Waals surface area (Å²) in [4.78, 5) is 21.7. The molecule has 2 heterocycles. The Kier molecular flexibility index (Phi) is 5.01. The number of hydrogen-bond donors (Lipinski definition) is 5. The van der Waals surface area contributed by atoms with Crippen LogP contribution in [0.25, 0.3) is 0 Å². The highest BCUT2D eigenvalue weighted by molar-refractivity contribution is 8.01. The maximum Gasteiger partial charge on any atom is 0.330 e. The van der Waals surface area contributed by atoms with Gasteiger partial charge < -0.3 is 10.4 Å². The Morgan fingerprint density at radius 3 is 2.69 bits per heavy atom. The standard InChI is InChI=1S/C19H27N5O3S2/c1-10-15(11-7-8-11)21-13-6-4-5-12(13)16(10)23-17(25)24-29(20,27)18-22-14(9-28-18)19(2,3)26/h9,11,26,29H,4-8H2,1-3H3,(H4,20,21,23,24,25,27). The van der Waals surface area contributed by atoms with Crippen LogP contribution in [0.2, 0.25) is 0 Å². The fourth-order valence-electron chi connectivity index (χ4n) is 3.67. The Morgan fingerprint density at radius 2 is 2.07 bits per heavy atom. The van der Waals surface area contributed by atoms with Crippen molar-refractivity contribution in [2.24, 2.45) is 5.14 Å². The predicted molar refractivity (Wildman–Crippen MR) is 114 cm³/mol. The molecule has 8 nitrogen and oxygen atoms in total. The second-order valence-electron chi connectivity index (χ2n) is 8.35. The number of aromatic nitrogens is 2. The summed E-state index contributed by atoms with van der Waals surface area (Å²) in [6.45, 7) is 5.14. The summed E-state index contributed by atoms with van der Waals surface area (Å²) in [5.74, 6) is 0.473. The first-order valence-electron chi connectivity index (χ1n) is 9.75. The van der Waals surface area contributed by atoms with Gasteiger partial charge in [0.25, 0.3) is 0 Å². The van der Waals surface area contributed by atoms with Crippen molar-refractivity contribution in [3.8, 4) is 0 Å². The minimum Gasteiger partial charge on any atom is -0.384 e. The first-order valence-corrected chi connectivity index (χ1v) is 12.4. The van der Waals surface area contributed by atoms with E-state index in [1.165, 1.54) is 0 Å². The van der Waals surface area contributed by atoms with Crippen LogP contribution in [0.3, 0.4) is 0 Å². The number of thiazole rings is 1. The molecule has 2 amide bonds. The fourth-order valence-corrected chi connectivity index (χ4v) is 6.01. The van der Waals surface area contributed by atoms with Crippen LogP contribution in [0, 0.1) is 6.92 Å². The van der Waals surface area contributed by atoms with Gasteiger partial charge in [-0.3, -0.25) is 14.8 Å². The molecule has 5 N–H and O–H groups in total. The maximum absolute atomic E-state index is 12.9. The highest BCUT2D eigenvalue weighted by Gasteiger charge is 2.32. The lowest BCUT2D eigenvalue weighted by Crippen LogP contribution is -2.45. The summed E-state index contributed by atoms with van der Waals surface area (Å²) in [7, 11) is -3.72. The molecule has 0 spiro atoms. The Balaban J connectivity index is 1.56. The van der Waals surface area contributed by atoms with Crippen LogP contribution in [0.4, 0.5) is 10.5 Å². The van der Waals surface area contributed by atoms with Crippen molar-refractivity contribution in [3.63, 3.8) is 0 Å². The lowest BCUT2D eigenvalue weighted by Gasteiger charge is -2.21. The normalized spacial score (nSPS) is 17.1. The number of nitrogens with two attached hydrogens (primary N) is 1. The molecular weight excluding hydrogens is 410 g/mol. The van der Waals surface area contributed by atoms with Gasteiger partial charge >= 0.3 is 6.03 Å². The van der Waals surface area contributed by atoms with Gasteiger partial charge in [-0.1, -0.05) is 0 Å². The minimum absolute atomic E-state index is 0.0973. The second kappa shape index (κ2) is 7.12. The Labute approximate surface area is 175 Å². The van der Waals surface area contributed by atoms with Crippen LogP contribution in [0.5, 0.6) is 0 Å². The number of anilines is 1. The summed E-state index contributed by atoms with van der Waals surface area (Å²) in [5.41, 5.74) is 4.11. The van der Waals surface area contributed by atoms with Gasteiger partial charge in [0, 0.05) is 22.7 Å². The van der Waals surface area contributed by atoms with Gasteiger partial charge in [0.05, 0.1) is 21.7 Å². The van der Waals surface area contributed by atoms with Crippen molar-refractivity contribution in [1.29, 1.82) is 0 Å². The highest BCUT2D eigenvalue weighted by atomic mass is 32.3. The van der Waals surface area contributed by atoms with E-state index in [1.807, 2.05) is 6.92 Å². The largest absolute Gasteiger partial charge is 0.384 e. The molecule has 2 aliphatic carbocycles. The third kappa shape index (κ3) is 4.07. The number of nitrogens with one attached hydrogen (secondary N) is 2. The SMILES string of the molecule is Cc1c(C2CC2)nc2c(c1NC(=O)N[SH](N)(=O)c1nc(C(C)(C)O)cs1)CCC2. The predicted octanol–water partition coefficient (Wildman–Crippen LogP) is 2.43. The number of rotatable bonds is 5. The smallest absolute Gasteiger partial charge is 0.330 e. The van der Waals surface area contributed by atoms with Crippen LogP contribution < -0.4 is 15.2 Å². The molecule has 29 heavy (non-hydrogen) atoms. The van der Waals surface area contributed by atoms with Crippen molar-refractivity contribution in [2.45, 2.75) is 68.7 Å². The van der Waals surface area contributed by atoms with Gasteiger partial charge in [-0.25, -0.2) is 14.0 Å². The lowest BCUT2D eigenvalue weighted by molar-refractivity contribution is 0.0741. The second-order valence-corrected chi connectivity index (χ2v) is 11.5. The molecule has 2 aromatic heterocycles. The number of nitrogens with zero attached hydrogens (tertiary/aromatic N) is 2. The zero-order valence-corrected chi connectivity index (χ0v) is 18.5. The van der Waals surface area contributed by atoms with Crippen molar-refractivity contribution >= 4 is 33.4 Å². The molecule has 0 saturated heterocycles. The van der Waals surface area contributed by atoms with E-state index in [0.717, 1.165) is 71.6 Å². The van der Waals surface area contributed by atoms with Gasteiger partial charge in [0.1, 0.15) is 5.60 Å². The van der Waals surface area contributed by atoms with Gasteiger partial charge in [-0.15, -0.1) is 11.3 Å². The Hall–Kier alpha value is -1.88. The summed E-state index contributed by atoms with van der Waals surface area (Å²) in [5, 5.41) is 20.4. The number of pyridine rings is 1. The number of fused-ring (bicyclic) bond motifs is 1. The molecule has 2 aromatic rings. The first kappa shape index (κ1) is 20.4. The third-order valence-electron chi connectivity index (χ3n) is 5.38. The Bertz CT molecular complexity index is 1020. The average Bonchev–Trinajstić information content (AvgIpc) is 3.13. The lowest BCUT2D eigenvalue weighted by atomic mass is 10.0. The number of aliphatic hydroxyl groups is 1. The molecule has 0 radical (unpaired) electrons. The molecule has 2 aliphatic rings. The van der Waals surface area contributed by atoms with Gasteiger partial charge in [-0.2, -0.15) is 0 Å². The quantitative estimate of drug-likeness (QED) is 0.459. The molecule has 0 bridgehead atoms. The maximum atomic E-state index is 12.9. The zero-order chi connectivity index (χ0) is 21.0. The van der Waals surface area contributed by atoms with Gasteiger partial charge in [0.15, 0.2) is 4.34 Å². The monoisotopic (exact) mass is 437 g/mol. The molecule has 1 saturated carbocycles. The molecule has 1 fully saturated rings. The summed E-state index contributed by atoms with van der Waals surface area (Å²) < 4.78 is 15.4. The Morgan fingerprint density at radius 1 is 1.34 bits per heavy atom. The minimum atomic E-state index is -3.72. The number of thiol groups is 1. The summed E-state index contributed by atoms with van der Waals surface area (Å²) in [6.07, 6.45) is 5.05. The molecule has 158 valence electrons. The van der Waals surface area contributed by atoms with E-state index >= 15 is 0 Å². The van der Waals surface area contributed by atoms with E-state index in [2.05, 4.69) is 15.0 Å². The number of carbonyl (C=O) groups is 1. The van der Waals surface area contributed by atoms with Crippen molar-refractivity contribution in [1.82, 2.24) is 14.7 Å². The molecular formula is C19H27N5O3S2. The zero-order valence-electron chi connectivity index (χ0n) is 16.8. The van der Waals surface area contributed by atoms with E-state index in [0.29, 0.717) is 11.6 Å². The molecule has 0 atom stereocenters. The van der Waals surface area contributed by atoms with Crippen molar-refractivity contribution < 1.29 is 14.1 Å². The number of carbonyl (C=O) groups excluding carboxylic acids is 1. The molecule has 4 rings (SSSR count). The number of amides is 2. The van der Waals surface area contributed by atoms with Crippen molar-refractivity contribution in [2.75, 3.05) is 5.32 Å². The van der Waals surface area contributed by atoms with E-state index in [4.69, 9.17) is 10.1 Å². The topological polar surface area (TPSA) is 130 Å². The van der Waals surface area contributed by atoms with Crippen molar-refractivity contribution in [3.05, 3.63) is 33.6 Å². The van der Waals surface area contributed by atoms with Gasteiger partial charge in [-0.05, 0) is 64.0 Å². The highest BCUT2D eigenvalue weighted by Crippen LogP contribution is 2.44. The summed E-state index contributed by atoms with van der Waals surface area (Å²) >= 11 is 1.06. The van der Waals surface area contributed by atoms with Gasteiger partial charge in [0.2, 0.25) is 0 Å². The average molecular weight is 438 g/mol. The van der Waals surface area contributed by atoms with Crippen LogP contribution in [0.15, 0.2) is 9.72 Å². The number of hydrogen-bond acceptors (Lipinski definition) is 6.